The van der Waals surface area contributed by atoms with Gasteiger partial charge in [0.05, 0.1) is 13.1 Å². The summed E-state index contributed by atoms with van der Waals surface area (Å²) in [5.74, 6) is 1.59. The van der Waals surface area contributed by atoms with Crippen molar-refractivity contribution in [3.63, 3.8) is 0 Å². The Balaban J connectivity index is 1.67. The van der Waals surface area contributed by atoms with E-state index < -0.39 is 0 Å². The van der Waals surface area contributed by atoms with Gasteiger partial charge in [-0.15, -0.1) is 0 Å². The molecule has 0 fully saturated rings. The Labute approximate surface area is 117 Å². The van der Waals surface area contributed by atoms with Crippen LogP contribution in [-0.4, -0.2) is 22.2 Å². The molecule has 1 N–H and O–H groups in total. The van der Waals surface area contributed by atoms with Gasteiger partial charge < -0.3 is 14.6 Å². The van der Waals surface area contributed by atoms with Crippen LogP contribution >= 0.6 is 0 Å². The van der Waals surface area contributed by atoms with E-state index in [1.165, 1.54) is 6.07 Å². The molecule has 1 aromatic heterocycles. The summed E-state index contributed by atoms with van der Waals surface area (Å²) in [5, 5.41) is 3.27. The molecular formula is C15H18FN3O. The standard InChI is InChI=1S/C15H18FN3O/c1-2-17-9-15-18-5-6-19(15)10-13-8-11-7-12(16)3-4-14(11)20-13/h3-7,13,17H,2,8-10H2,1H3. The minimum absolute atomic E-state index is 0.0429. The molecule has 2 aromatic rings. The summed E-state index contributed by atoms with van der Waals surface area (Å²) in [6.07, 6.45) is 4.54. The third-order valence-electron chi connectivity index (χ3n) is 3.50. The molecule has 1 aliphatic rings. The number of nitrogens with one attached hydrogen (secondary N) is 1. The molecule has 4 nitrogen and oxygen atoms in total. The lowest BCUT2D eigenvalue weighted by Gasteiger charge is -2.14. The summed E-state index contributed by atoms with van der Waals surface area (Å²) in [4.78, 5) is 4.34. The van der Waals surface area contributed by atoms with Crippen molar-refractivity contribution in [1.82, 2.24) is 14.9 Å². The maximum absolute atomic E-state index is 13.2. The van der Waals surface area contributed by atoms with Crippen molar-refractivity contribution in [2.24, 2.45) is 0 Å². The highest BCUT2D eigenvalue weighted by Crippen LogP contribution is 2.29. The number of nitrogens with zero attached hydrogens (tertiary/aromatic N) is 2. The van der Waals surface area contributed by atoms with Gasteiger partial charge in [-0.3, -0.25) is 0 Å². The summed E-state index contributed by atoms with van der Waals surface area (Å²) < 4.78 is 21.1. The first kappa shape index (κ1) is 13.1. The molecule has 0 saturated carbocycles. The number of fused-ring (bicyclic) bond motifs is 1. The van der Waals surface area contributed by atoms with Crippen LogP contribution in [0.1, 0.15) is 18.3 Å². The van der Waals surface area contributed by atoms with Gasteiger partial charge in [0.15, 0.2) is 0 Å². The number of hydrogen-bond donors (Lipinski definition) is 1. The molecule has 1 unspecified atom stereocenters. The number of halogens is 1. The quantitative estimate of drug-likeness (QED) is 0.908. The number of imidazole rings is 1. The number of hydrogen-bond acceptors (Lipinski definition) is 3. The first-order chi connectivity index (χ1) is 9.76. The number of aromatic nitrogens is 2. The average Bonchev–Trinajstić information content (AvgIpc) is 3.02. The first-order valence-corrected chi connectivity index (χ1v) is 6.92. The summed E-state index contributed by atoms with van der Waals surface area (Å²) in [5.41, 5.74) is 0.948. The van der Waals surface area contributed by atoms with Crippen LogP contribution in [0.4, 0.5) is 4.39 Å². The van der Waals surface area contributed by atoms with Gasteiger partial charge in [-0.25, -0.2) is 9.37 Å². The Bertz CT molecular complexity index is 597. The van der Waals surface area contributed by atoms with E-state index >= 15 is 0 Å². The van der Waals surface area contributed by atoms with Crippen LogP contribution in [0.15, 0.2) is 30.6 Å². The van der Waals surface area contributed by atoms with E-state index in [9.17, 15) is 4.39 Å². The number of rotatable bonds is 5. The van der Waals surface area contributed by atoms with Crippen LogP contribution in [0, 0.1) is 5.82 Å². The predicted molar refractivity (Wildman–Crippen MR) is 74.1 cm³/mol. The minimum Gasteiger partial charge on any atom is -0.488 e. The number of ether oxygens (including phenoxy) is 1. The zero-order valence-electron chi connectivity index (χ0n) is 11.5. The smallest absolute Gasteiger partial charge is 0.123 e. The first-order valence-electron chi connectivity index (χ1n) is 6.92. The van der Waals surface area contributed by atoms with Gasteiger partial charge in [-0.05, 0) is 24.7 Å². The zero-order chi connectivity index (χ0) is 13.9. The topological polar surface area (TPSA) is 39.1 Å². The molecule has 0 aliphatic carbocycles. The van der Waals surface area contributed by atoms with Gasteiger partial charge in [-0.1, -0.05) is 6.92 Å². The highest BCUT2D eigenvalue weighted by Gasteiger charge is 2.24. The van der Waals surface area contributed by atoms with Crippen LogP contribution in [0.25, 0.3) is 0 Å². The minimum atomic E-state index is -0.205. The van der Waals surface area contributed by atoms with E-state index in [2.05, 4.69) is 21.8 Å². The van der Waals surface area contributed by atoms with Crippen molar-refractivity contribution < 1.29 is 9.13 Å². The normalized spacial score (nSPS) is 17.0. The average molecular weight is 275 g/mol. The molecule has 3 rings (SSSR count). The maximum atomic E-state index is 13.2. The highest BCUT2D eigenvalue weighted by atomic mass is 19.1. The van der Waals surface area contributed by atoms with E-state index in [0.717, 1.165) is 43.2 Å². The second-order valence-electron chi connectivity index (χ2n) is 4.97. The SMILES string of the molecule is CCNCc1nccn1CC1Cc2cc(F)ccc2O1. The van der Waals surface area contributed by atoms with E-state index in [1.54, 1.807) is 18.3 Å². The third-order valence-corrected chi connectivity index (χ3v) is 3.50. The molecule has 0 bridgehead atoms. The Morgan fingerprint density at radius 3 is 3.25 bits per heavy atom. The lowest BCUT2D eigenvalue weighted by atomic mass is 10.1. The van der Waals surface area contributed by atoms with Gasteiger partial charge in [0.25, 0.3) is 0 Å². The number of benzene rings is 1. The highest BCUT2D eigenvalue weighted by molar-refractivity contribution is 5.37. The van der Waals surface area contributed by atoms with Crippen LogP contribution in [0.3, 0.4) is 0 Å². The van der Waals surface area contributed by atoms with Gasteiger partial charge in [-0.2, -0.15) is 0 Å². The fraction of sp³-hybridized carbons (Fsp3) is 0.400. The van der Waals surface area contributed by atoms with Gasteiger partial charge >= 0.3 is 0 Å². The Hall–Kier alpha value is -1.88. The maximum Gasteiger partial charge on any atom is 0.123 e. The lowest BCUT2D eigenvalue weighted by molar-refractivity contribution is 0.207. The van der Waals surface area contributed by atoms with Crippen molar-refractivity contribution in [3.8, 4) is 5.75 Å². The molecule has 5 heteroatoms. The molecular weight excluding hydrogens is 257 g/mol. The van der Waals surface area contributed by atoms with Gasteiger partial charge in [0.2, 0.25) is 0 Å². The molecule has 0 radical (unpaired) electrons. The van der Waals surface area contributed by atoms with Gasteiger partial charge in [0.1, 0.15) is 23.5 Å². The molecule has 1 aliphatic heterocycles. The Morgan fingerprint density at radius 2 is 2.40 bits per heavy atom. The lowest BCUT2D eigenvalue weighted by Crippen LogP contribution is -2.24. The van der Waals surface area contributed by atoms with Crippen molar-refractivity contribution in [3.05, 3.63) is 47.8 Å². The van der Waals surface area contributed by atoms with Crippen molar-refractivity contribution in [2.45, 2.75) is 32.5 Å². The Kier molecular flexibility index (Phi) is 3.69. The molecule has 1 atom stereocenters. The fourth-order valence-electron chi connectivity index (χ4n) is 2.52. The predicted octanol–water partition coefficient (Wildman–Crippen LogP) is 2.14. The van der Waals surface area contributed by atoms with E-state index in [1.807, 2.05) is 6.20 Å². The molecule has 0 saturated heterocycles. The van der Waals surface area contributed by atoms with Crippen molar-refractivity contribution in [2.75, 3.05) is 6.54 Å². The van der Waals surface area contributed by atoms with E-state index in [4.69, 9.17) is 4.74 Å². The zero-order valence-corrected chi connectivity index (χ0v) is 11.5. The van der Waals surface area contributed by atoms with Crippen LogP contribution < -0.4 is 10.1 Å². The second-order valence-corrected chi connectivity index (χ2v) is 4.97. The molecule has 1 aromatic carbocycles. The Morgan fingerprint density at radius 1 is 1.50 bits per heavy atom. The van der Waals surface area contributed by atoms with Gasteiger partial charge in [0, 0.05) is 24.4 Å². The van der Waals surface area contributed by atoms with Crippen molar-refractivity contribution >= 4 is 0 Å². The van der Waals surface area contributed by atoms with Crippen LogP contribution in [0.2, 0.25) is 0 Å². The summed E-state index contributed by atoms with van der Waals surface area (Å²) in [6.45, 7) is 4.46. The van der Waals surface area contributed by atoms with E-state index in [-0.39, 0.29) is 11.9 Å². The largest absolute Gasteiger partial charge is 0.488 e. The van der Waals surface area contributed by atoms with Crippen LogP contribution in [-0.2, 0) is 19.5 Å². The molecule has 2 heterocycles. The summed E-state index contributed by atoms with van der Waals surface area (Å²) in [6, 6.07) is 4.70. The summed E-state index contributed by atoms with van der Waals surface area (Å²) >= 11 is 0. The molecule has 0 amide bonds. The molecule has 20 heavy (non-hydrogen) atoms. The monoisotopic (exact) mass is 275 g/mol. The van der Waals surface area contributed by atoms with E-state index in [0.29, 0.717) is 0 Å². The van der Waals surface area contributed by atoms with Crippen LogP contribution in [0.5, 0.6) is 5.75 Å². The van der Waals surface area contributed by atoms with Crippen molar-refractivity contribution in [1.29, 1.82) is 0 Å². The second kappa shape index (κ2) is 5.63. The summed E-state index contributed by atoms with van der Waals surface area (Å²) in [7, 11) is 0. The molecule has 106 valence electrons. The fourth-order valence-corrected chi connectivity index (χ4v) is 2.52. The third kappa shape index (κ3) is 2.67. The molecule has 0 spiro atoms.